The van der Waals surface area contributed by atoms with Crippen LogP contribution < -0.4 is 10.2 Å². The fourth-order valence-corrected chi connectivity index (χ4v) is 3.20. The first-order valence-corrected chi connectivity index (χ1v) is 8.16. The lowest BCUT2D eigenvalue weighted by Gasteiger charge is -2.24. The van der Waals surface area contributed by atoms with E-state index in [-0.39, 0.29) is 24.3 Å². The Labute approximate surface area is 143 Å². The molecule has 0 spiro atoms. The van der Waals surface area contributed by atoms with Gasteiger partial charge in [-0.15, -0.1) is 0 Å². The molecule has 1 aliphatic rings. The van der Waals surface area contributed by atoms with Gasteiger partial charge in [-0.3, -0.25) is 4.79 Å². The SMILES string of the molecule is O=C(NCc1ccccc1F)C1CCCN1c1ncnc2[nH]cnc12. The molecule has 1 aromatic carbocycles. The zero-order valence-corrected chi connectivity index (χ0v) is 13.4. The number of rotatable bonds is 4. The van der Waals surface area contributed by atoms with Crippen LogP contribution in [0, 0.1) is 5.82 Å². The highest BCUT2D eigenvalue weighted by Crippen LogP contribution is 2.28. The number of imidazole rings is 1. The van der Waals surface area contributed by atoms with Crippen LogP contribution in [0.15, 0.2) is 36.9 Å². The standard InChI is InChI=1S/C17H17FN6O/c18-12-5-2-1-4-11(12)8-19-17(25)13-6-3-7-24(13)16-14-15(21-9-20-14)22-10-23-16/h1-2,4-5,9-10,13H,3,6-8H2,(H,19,25)(H,20,21,22,23). The minimum absolute atomic E-state index is 0.136. The van der Waals surface area contributed by atoms with E-state index in [2.05, 4.69) is 25.3 Å². The van der Waals surface area contributed by atoms with Gasteiger partial charge in [-0.25, -0.2) is 19.3 Å². The summed E-state index contributed by atoms with van der Waals surface area (Å²) in [5, 5.41) is 2.83. The van der Waals surface area contributed by atoms with Gasteiger partial charge in [0.15, 0.2) is 11.5 Å². The second-order valence-electron chi connectivity index (χ2n) is 5.96. The van der Waals surface area contributed by atoms with Crippen molar-refractivity contribution in [3.8, 4) is 0 Å². The molecular weight excluding hydrogens is 323 g/mol. The molecule has 0 saturated carbocycles. The molecule has 1 atom stereocenters. The van der Waals surface area contributed by atoms with Crippen molar-refractivity contribution in [2.75, 3.05) is 11.4 Å². The smallest absolute Gasteiger partial charge is 0.243 e. The third-order valence-electron chi connectivity index (χ3n) is 4.44. The first-order valence-electron chi connectivity index (χ1n) is 8.16. The number of carbonyl (C=O) groups excluding carboxylic acids is 1. The molecule has 0 radical (unpaired) electrons. The average Bonchev–Trinajstić information content (AvgIpc) is 3.29. The van der Waals surface area contributed by atoms with E-state index in [1.807, 2.05) is 4.90 Å². The molecule has 1 aliphatic heterocycles. The number of halogens is 1. The van der Waals surface area contributed by atoms with E-state index in [0.717, 1.165) is 19.4 Å². The number of H-pyrrole nitrogens is 1. The third kappa shape index (κ3) is 2.90. The van der Waals surface area contributed by atoms with Gasteiger partial charge >= 0.3 is 0 Å². The quantitative estimate of drug-likeness (QED) is 0.756. The predicted octanol–water partition coefficient (Wildman–Crippen LogP) is 1.78. The van der Waals surface area contributed by atoms with Gasteiger partial charge in [-0.05, 0) is 18.9 Å². The number of nitrogens with one attached hydrogen (secondary N) is 2. The van der Waals surface area contributed by atoms with E-state index in [9.17, 15) is 9.18 Å². The monoisotopic (exact) mass is 340 g/mol. The number of aromatic amines is 1. The summed E-state index contributed by atoms with van der Waals surface area (Å²) in [6.45, 7) is 0.883. The number of nitrogens with zero attached hydrogens (tertiary/aromatic N) is 4. The minimum atomic E-state index is -0.346. The first-order chi connectivity index (χ1) is 12.2. The Bertz CT molecular complexity index is 911. The molecule has 1 fully saturated rings. The van der Waals surface area contributed by atoms with Gasteiger partial charge in [-0.1, -0.05) is 18.2 Å². The molecule has 1 amide bonds. The van der Waals surface area contributed by atoms with E-state index in [0.29, 0.717) is 22.5 Å². The summed E-state index contributed by atoms with van der Waals surface area (Å²) in [7, 11) is 0. The zero-order valence-electron chi connectivity index (χ0n) is 13.4. The van der Waals surface area contributed by atoms with Crippen molar-refractivity contribution in [3.63, 3.8) is 0 Å². The number of anilines is 1. The maximum atomic E-state index is 13.7. The summed E-state index contributed by atoms with van der Waals surface area (Å²) in [5.41, 5.74) is 1.76. The summed E-state index contributed by atoms with van der Waals surface area (Å²) in [6.07, 6.45) is 4.63. The van der Waals surface area contributed by atoms with Gasteiger partial charge in [0.25, 0.3) is 0 Å². The lowest BCUT2D eigenvalue weighted by Crippen LogP contribution is -2.43. The van der Waals surface area contributed by atoms with Crippen LogP contribution in [0.25, 0.3) is 11.2 Å². The highest BCUT2D eigenvalue weighted by molar-refractivity contribution is 5.90. The first kappa shape index (κ1) is 15.5. The van der Waals surface area contributed by atoms with Crippen molar-refractivity contribution in [2.45, 2.75) is 25.4 Å². The minimum Gasteiger partial charge on any atom is -0.350 e. The molecule has 128 valence electrons. The van der Waals surface area contributed by atoms with E-state index < -0.39 is 0 Å². The molecule has 7 nitrogen and oxygen atoms in total. The Balaban J connectivity index is 1.52. The van der Waals surface area contributed by atoms with Crippen molar-refractivity contribution in [3.05, 3.63) is 48.3 Å². The molecule has 0 bridgehead atoms. The Hall–Kier alpha value is -3.03. The molecule has 25 heavy (non-hydrogen) atoms. The summed E-state index contributed by atoms with van der Waals surface area (Å²) in [5.74, 6) is 0.193. The predicted molar refractivity (Wildman–Crippen MR) is 90.3 cm³/mol. The molecule has 1 saturated heterocycles. The van der Waals surface area contributed by atoms with Gasteiger partial charge in [-0.2, -0.15) is 0 Å². The second-order valence-corrected chi connectivity index (χ2v) is 5.96. The number of fused-ring (bicyclic) bond motifs is 1. The maximum absolute atomic E-state index is 13.7. The number of hydrogen-bond acceptors (Lipinski definition) is 5. The van der Waals surface area contributed by atoms with Gasteiger partial charge in [0.2, 0.25) is 5.91 Å². The molecule has 1 unspecified atom stereocenters. The van der Waals surface area contributed by atoms with Crippen molar-refractivity contribution >= 4 is 22.9 Å². The van der Waals surface area contributed by atoms with Crippen molar-refractivity contribution in [2.24, 2.45) is 0 Å². The van der Waals surface area contributed by atoms with Crippen LogP contribution in [0.1, 0.15) is 18.4 Å². The Morgan fingerprint density at radius 1 is 1.32 bits per heavy atom. The molecule has 4 rings (SSSR count). The number of aromatic nitrogens is 4. The van der Waals surface area contributed by atoms with Crippen molar-refractivity contribution in [1.82, 2.24) is 25.3 Å². The van der Waals surface area contributed by atoms with E-state index in [1.165, 1.54) is 12.4 Å². The van der Waals surface area contributed by atoms with E-state index >= 15 is 0 Å². The maximum Gasteiger partial charge on any atom is 0.243 e. The lowest BCUT2D eigenvalue weighted by atomic mass is 10.1. The third-order valence-corrected chi connectivity index (χ3v) is 4.44. The molecule has 3 aromatic rings. The lowest BCUT2D eigenvalue weighted by molar-refractivity contribution is -0.122. The summed E-state index contributed by atoms with van der Waals surface area (Å²) >= 11 is 0. The van der Waals surface area contributed by atoms with E-state index in [4.69, 9.17) is 0 Å². The topological polar surface area (TPSA) is 86.8 Å². The van der Waals surface area contributed by atoms with E-state index in [1.54, 1.807) is 24.5 Å². The second kappa shape index (κ2) is 6.46. The van der Waals surface area contributed by atoms with Gasteiger partial charge in [0, 0.05) is 18.7 Å². The Morgan fingerprint density at radius 3 is 3.08 bits per heavy atom. The number of amides is 1. The van der Waals surface area contributed by atoms with Crippen LogP contribution in [-0.4, -0.2) is 38.4 Å². The zero-order chi connectivity index (χ0) is 17.2. The summed E-state index contributed by atoms with van der Waals surface area (Å²) in [4.78, 5) is 30.2. The fraction of sp³-hybridized carbons (Fsp3) is 0.294. The molecule has 8 heteroatoms. The summed E-state index contributed by atoms with van der Waals surface area (Å²) < 4.78 is 13.7. The highest BCUT2D eigenvalue weighted by atomic mass is 19.1. The van der Waals surface area contributed by atoms with Crippen LogP contribution in [0.2, 0.25) is 0 Å². The van der Waals surface area contributed by atoms with Crippen LogP contribution in [0.5, 0.6) is 0 Å². The largest absolute Gasteiger partial charge is 0.350 e. The molecule has 2 N–H and O–H groups in total. The molecule has 0 aliphatic carbocycles. The van der Waals surface area contributed by atoms with Gasteiger partial charge in [0.05, 0.1) is 6.33 Å². The molecule has 3 heterocycles. The normalized spacial score (nSPS) is 17.2. The van der Waals surface area contributed by atoms with Crippen molar-refractivity contribution in [1.29, 1.82) is 0 Å². The Kier molecular flexibility index (Phi) is 4.01. The highest BCUT2D eigenvalue weighted by Gasteiger charge is 2.33. The number of benzene rings is 1. The number of hydrogen-bond donors (Lipinski definition) is 2. The van der Waals surface area contributed by atoms with Crippen LogP contribution >= 0.6 is 0 Å². The van der Waals surface area contributed by atoms with Gasteiger partial charge in [0.1, 0.15) is 23.7 Å². The van der Waals surface area contributed by atoms with Crippen LogP contribution in [0.4, 0.5) is 10.2 Å². The van der Waals surface area contributed by atoms with Crippen LogP contribution in [-0.2, 0) is 11.3 Å². The van der Waals surface area contributed by atoms with Crippen molar-refractivity contribution < 1.29 is 9.18 Å². The van der Waals surface area contributed by atoms with Gasteiger partial charge < -0.3 is 15.2 Å². The molecular formula is C17H17FN6O. The van der Waals surface area contributed by atoms with Crippen LogP contribution in [0.3, 0.4) is 0 Å². The molecule has 2 aromatic heterocycles. The Morgan fingerprint density at radius 2 is 2.20 bits per heavy atom. The number of carbonyl (C=O) groups is 1. The fourth-order valence-electron chi connectivity index (χ4n) is 3.20. The summed E-state index contributed by atoms with van der Waals surface area (Å²) in [6, 6.07) is 6.09. The average molecular weight is 340 g/mol.